The first kappa shape index (κ1) is 24.8. The molecule has 1 fully saturated rings. The number of fused-ring (bicyclic) bond motifs is 1. The number of ether oxygens (including phenoxy) is 1. The van der Waals surface area contributed by atoms with Crippen LogP contribution in [0.3, 0.4) is 0 Å². The van der Waals surface area contributed by atoms with Gasteiger partial charge in [0.15, 0.2) is 6.61 Å². The Morgan fingerprint density at radius 2 is 1.69 bits per heavy atom. The number of benzene rings is 3. The highest BCUT2D eigenvalue weighted by Gasteiger charge is 2.30. The zero-order valence-electron chi connectivity index (χ0n) is 20.8. The molecule has 5 nitrogen and oxygen atoms in total. The van der Waals surface area contributed by atoms with Crippen LogP contribution >= 0.6 is 0 Å². The van der Waals surface area contributed by atoms with Crippen molar-refractivity contribution in [2.75, 3.05) is 6.61 Å². The molecule has 1 aliphatic rings. The Labute approximate surface area is 208 Å². The minimum absolute atomic E-state index is 0.0648. The molecule has 1 aliphatic carbocycles. The molecular weight excluding hydrogens is 436 g/mol. The van der Waals surface area contributed by atoms with E-state index in [0.717, 1.165) is 47.6 Å². The molecule has 0 unspecified atom stereocenters. The number of rotatable bonds is 9. The van der Waals surface area contributed by atoms with Gasteiger partial charge in [-0.25, -0.2) is 0 Å². The van der Waals surface area contributed by atoms with Crippen LogP contribution in [0.2, 0.25) is 0 Å². The summed E-state index contributed by atoms with van der Waals surface area (Å²) in [6.07, 6.45) is 6.09. The van der Waals surface area contributed by atoms with E-state index in [-0.39, 0.29) is 24.5 Å². The number of nitrogens with one attached hydrogen (secondary N) is 1. The maximum atomic E-state index is 13.5. The summed E-state index contributed by atoms with van der Waals surface area (Å²) in [5.41, 5.74) is 2.16. The normalized spacial score (nSPS) is 14.9. The number of hydrogen-bond acceptors (Lipinski definition) is 3. The molecule has 35 heavy (non-hydrogen) atoms. The van der Waals surface area contributed by atoms with Crippen molar-refractivity contribution >= 4 is 22.6 Å². The number of nitrogens with zero attached hydrogens (tertiary/aromatic N) is 1. The molecule has 184 valence electrons. The molecule has 5 heteroatoms. The Kier molecular flexibility index (Phi) is 8.40. The summed E-state index contributed by atoms with van der Waals surface area (Å²) in [5, 5.41) is 5.25. The van der Waals surface area contributed by atoms with Crippen molar-refractivity contribution in [3.63, 3.8) is 0 Å². The highest BCUT2D eigenvalue weighted by atomic mass is 16.5. The Hall–Kier alpha value is -3.34. The van der Waals surface area contributed by atoms with Crippen molar-refractivity contribution < 1.29 is 14.3 Å². The standard InChI is InChI=1S/C30H36N2O3/c1-3-27(30(34)31-25-12-5-4-6-13-25)32(20-23-18-16-22(2)17-19-23)29(33)21-35-28-15-9-11-24-10-7-8-14-26(24)28/h7-11,14-19,25,27H,3-6,12-13,20-21H2,1-2H3,(H,31,34)/t27-/m0/s1. The molecule has 2 amide bonds. The monoisotopic (exact) mass is 472 g/mol. The summed E-state index contributed by atoms with van der Waals surface area (Å²) < 4.78 is 6.02. The maximum Gasteiger partial charge on any atom is 0.261 e. The first-order chi connectivity index (χ1) is 17.0. The van der Waals surface area contributed by atoms with Gasteiger partial charge in [-0.1, -0.05) is 92.4 Å². The van der Waals surface area contributed by atoms with Crippen molar-refractivity contribution in [3.05, 3.63) is 77.9 Å². The topological polar surface area (TPSA) is 58.6 Å². The van der Waals surface area contributed by atoms with Gasteiger partial charge in [0.1, 0.15) is 11.8 Å². The molecule has 0 radical (unpaired) electrons. The van der Waals surface area contributed by atoms with E-state index >= 15 is 0 Å². The highest BCUT2D eigenvalue weighted by molar-refractivity contribution is 5.90. The van der Waals surface area contributed by atoms with Crippen LogP contribution in [0.4, 0.5) is 0 Å². The van der Waals surface area contributed by atoms with Crippen LogP contribution in [0, 0.1) is 6.92 Å². The number of carbonyl (C=O) groups is 2. The minimum atomic E-state index is -0.540. The lowest BCUT2D eigenvalue weighted by atomic mass is 9.95. The Morgan fingerprint density at radius 1 is 0.971 bits per heavy atom. The van der Waals surface area contributed by atoms with Crippen LogP contribution in [0.1, 0.15) is 56.6 Å². The van der Waals surface area contributed by atoms with E-state index in [4.69, 9.17) is 4.74 Å². The molecule has 3 aromatic carbocycles. The molecule has 0 saturated heterocycles. The highest BCUT2D eigenvalue weighted by Crippen LogP contribution is 2.25. The number of hydrogen-bond donors (Lipinski definition) is 1. The molecule has 1 N–H and O–H groups in total. The maximum absolute atomic E-state index is 13.5. The second-order valence-electron chi connectivity index (χ2n) is 9.54. The molecule has 0 bridgehead atoms. The molecule has 0 aliphatic heterocycles. The van der Waals surface area contributed by atoms with Crippen LogP contribution in [0.25, 0.3) is 10.8 Å². The first-order valence-corrected chi connectivity index (χ1v) is 12.8. The predicted molar refractivity (Wildman–Crippen MR) is 140 cm³/mol. The molecule has 0 spiro atoms. The van der Waals surface area contributed by atoms with Gasteiger partial charge in [0.25, 0.3) is 5.91 Å². The van der Waals surface area contributed by atoms with Crippen LogP contribution in [-0.2, 0) is 16.1 Å². The zero-order valence-corrected chi connectivity index (χ0v) is 20.8. The van der Waals surface area contributed by atoms with Crippen LogP contribution < -0.4 is 10.1 Å². The lowest BCUT2D eigenvalue weighted by Crippen LogP contribution is -2.52. The fraction of sp³-hybridized carbons (Fsp3) is 0.400. The second kappa shape index (κ2) is 11.9. The third-order valence-corrected chi connectivity index (χ3v) is 6.91. The third-order valence-electron chi connectivity index (χ3n) is 6.91. The van der Waals surface area contributed by atoms with Gasteiger partial charge >= 0.3 is 0 Å². The largest absolute Gasteiger partial charge is 0.483 e. The SMILES string of the molecule is CC[C@@H](C(=O)NC1CCCCC1)N(Cc1ccc(C)cc1)C(=O)COc1cccc2ccccc12. The summed E-state index contributed by atoms with van der Waals surface area (Å²) in [4.78, 5) is 28.6. The summed E-state index contributed by atoms with van der Waals surface area (Å²) in [6.45, 7) is 4.25. The molecule has 3 aromatic rings. The Balaban J connectivity index is 1.52. The molecule has 0 heterocycles. The van der Waals surface area contributed by atoms with Crippen molar-refractivity contribution in [2.45, 2.75) is 71.0 Å². The van der Waals surface area contributed by atoms with E-state index in [1.165, 1.54) is 6.42 Å². The zero-order chi connectivity index (χ0) is 24.6. The van der Waals surface area contributed by atoms with E-state index in [1.54, 1.807) is 4.90 Å². The third kappa shape index (κ3) is 6.41. The van der Waals surface area contributed by atoms with Crippen LogP contribution in [-0.4, -0.2) is 35.4 Å². The molecule has 1 saturated carbocycles. The Morgan fingerprint density at radius 3 is 2.43 bits per heavy atom. The van der Waals surface area contributed by atoms with Gasteiger partial charge in [0.05, 0.1) is 0 Å². The van der Waals surface area contributed by atoms with Crippen molar-refractivity contribution in [1.82, 2.24) is 10.2 Å². The Bertz CT molecular complexity index is 1130. The van der Waals surface area contributed by atoms with E-state index in [1.807, 2.05) is 80.6 Å². The second-order valence-corrected chi connectivity index (χ2v) is 9.54. The average Bonchev–Trinajstić information content (AvgIpc) is 2.89. The fourth-order valence-electron chi connectivity index (χ4n) is 4.90. The number of amides is 2. The van der Waals surface area contributed by atoms with E-state index in [2.05, 4.69) is 5.32 Å². The minimum Gasteiger partial charge on any atom is -0.483 e. The molecule has 1 atom stereocenters. The predicted octanol–water partition coefficient (Wildman–Crippen LogP) is 5.78. The number of carbonyl (C=O) groups excluding carboxylic acids is 2. The molecule has 0 aromatic heterocycles. The smallest absolute Gasteiger partial charge is 0.261 e. The summed E-state index contributed by atoms with van der Waals surface area (Å²) in [7, 11) is 0. The van der Waals surface area contributed by atoms with E-state index in [9.17, 15) is 9.59 Å². The van der Waals surface area contributed by atoms with Crippen LogP contribution in [0.15, 0.2) is 66.7 Å². The average molecular weight is 473 g/mol. The molecule has 4 rings (SSSR count). The van der Waals surface area contributed by atoms with Crippen molar-refractivity contribution in [3.8, 4) is 5.75 Å². The van der Waals surface area contributed by atoms with Crippen molar-refractivity contribution in [2.24, 2.45) is 0 Å². The van der Waals surface area contributed by atoms with Gasteiger partial charge in [-0.3, -0.25) is 9.59 Å². The van der Waals surface area contributed by atoms with E-state index in [0.29, 0.717) is 18.7 Å². The summed E-state index contributed by atoms with van der Waals surface area (Å²) in [5.74, 6) is 0.417. The summed E-state index contributed by atoms with van der Waals surface area (Å²) in [6, 6.07) is 21.6. The summed E-state index contributed by atoms with van der Waals surface area (Å²) >= 11 is 0. The van der Waals surface area contributed by atoms with Gasteiger partial charge in [0.2, 0.25) is 5.91 Å². The fourth-order valence-corrected chi connectivity index (χ4v) is 4.90. The molecular formula is C30H36N2O3. The lowest BCUT2D eigenvalue weighted by molar-refractivity contribution is -0.143. The van der Waals surface area contributed by atoms with Gasteiger partial charge < -0.3 is 15.0 Å². The van der Waals surface area contributed by atoms with Gasteiger partial charge in [0, 0.05) is 18.0 Å². The van der Waals surface area contributed by atoms with Gasteiger partial charge in [-0.15, -0.1) is 0 Å². The first-order valence-electron chi connectivity index (χ1n) is 12.8. The quantitative estimate of drug-likeness (QED) is 0.429. The van der Waals surface area contributed by atoms with E-state index < -0.39 is 6.04 Å². The van der Waals surface area contributed by atoms with Gasteiger partial charge in [-0.05, 0) is 43.2 Å². The van der Waals surface area contributed by atoms with Gasteiger partial charge in [-0.2, -0.15) is 0 Å². The lowest BCUT2D eigenvalue weighted by Gasteiger charge is -2.32. The van der Waals surface area contributed by atoms with Crippen LogP contribution in [0.5, 0.6) is 5.75 Å². The van der Waals surface area contributed by atoms with Crippen molar-refractivity contribution in [1.29, 1.82) is 0 Å². The number of aryl methyl sites for hydroxylation is 1.